The Bertz CT molecular complexity index is 623. The summed E-state index contributed by atoms with van der Waals surface area (Å²) < 4.78 is 5.29. The van der Waals surface area contributed by atoms with Gasteiger partial charge in [0.1, 0.15) is 11.6 Å². The molecule has 0 aliphatic heterocycles. The van der Waals surface area contributed by atoms with Crippen LogP contribution in [0.5, 0.6) is 5.75 Å². The highest BCUT2D eigenvalue weighted by atomic mass is 16.5. The minimum absolute atomic E-state index is 0.131. The number of aromatic amines is 1. The van der Waals surface area contributed by atoms with E-state index in [1.54, 1.807) is 19.1 Å². The van der Waals surface area contributed by atoms with E-state index in [9.17, 15) is 9.59 Å². The van der Waals surface area contributed by atoms with Crippen LogP contribution in [0.25, 0.3) is 0 Å². The molecule has 0 aliphatic rings. The SMILES string of the molecule is Cc1cnc(=O)[nH]c1NC(=O)COc1ccccc1. The van der Waals surface area contributed by atoms with Gasteiger partial charge < -0.3 is 10.1 Å². The zero-order valence-corrected chi connectivity index (χ0v) is 10.3. The van der Waals surface area contributed by atoms with E-state index in [1.165, 1.54) is 6.20 Å². The van der Waals surface area contributed by atoms with Gasteiger partial charge in [0.15, 0.2) is 6.61 Å². The standard InChI is InChI=1S/C13H13N3O3/c1-9-7-14-13(18)16-12(9)15-11(17)8-19-10-5-3-2-4-6-10/h2-7H,8H2,1H3,(H2,14,15,16,17,18). The number of aryl methyl sites for hydroxylation is 1. The molecule has 0 saturated heterocycles. The lowest BCUT2D eigenvalue weighted by molar-refractivity contribution is -0.118. The third-order valence-electron chi connectivity index (χ3n) is 2.38. The first kappa shape index (κ1) is 12.8. The number of rotatable bonds is 4. The lowest BCUT2D eigenvalue weighted by atomic mass is 10.3. The molecule has 0 aliphatic carbocycles. The summed E-state index contributed by atoms with van der Waals surface area (Å²) in [6.07, 6.45) is 1.40. The van der Waals surface area contributed by atoms with Crippen LogP contribution in [0.3, 0.4) is 0 Å². The Hall–Kier alpha value is -2.63. The van der Waals surface area contributed by atoms with Gasteiger partial charge in [0, 0.05) is 11.8 Å². The van der Waals surface area contributed by atoms with Gasteiger partial charge in [-0.25, -0.2) is 9.78 Å². The highest BCUT2D eigenvalue weighted by molar-refractivity contribution is 5.91. The van der Waals surface area contributed by atoms with Crippen LogP contribution in [0, 0.1) is 6.92 Å². The van der Waals surface area contributed by atoms with Crippen LogP contribution in [0.15, 0.2) is 41.3 Å². The maximum atomic E-state index is 11.7. The topological polar surface area (TPSA) is 84.1 Å². The van der Waals surface area contributed by atoms with Crippen LogP contribution in [0.4, 0.5) is 5.82 Å². The van der Waals surface area contributed by atoms with Crippen molar-refractivity contribution in [3.63, 3.8) is 0 Å². The van der Waals surface area contributed by atoms with Crippen molar-refractivity contribution in [1.82, 2.24) is 9.97 Å². The summed E-state index contributed by atoms with van der Waals surface area (Å²) in [6.45, 7) is 1.60. The minimum Gasteiger partial charge on any atom is -0.484 e. The second kappa shape index (κ2) is 5.81. The van der Waals surface area contributed by atoms with Gasteiger partial charge in [0.25, 0.3) is 5.91 Å². The monoisotopic (exact) mass is 259 g/mol. The number of amides is 1. The van der Waals surface area contributed by atoms with Crippen molar-refractivity contribution in [3.8, 4) is 5.75 Å². The number of hydrogen-bond acceptors (Lipinski definition) is 4. The van der Waals surface area contributed by atoms with Crippen LogP contribution in [0.2, 0.25) is 0 Å². The molecule has 0 spiro atoms. The average Bonchev–Trinajstić information content (AvgIpc) is 2.42. The van der Waals surface area contributed by atoms with Crippen molar-refractivity contribution in [1.29, 1.82) is 0 Å². The lowest BCUT2D eigenvalue weighted by Crippen LogP contribution is -2.23. The van der Waals surface area contributed by atoms with Gasteiger partial charge >= 0.3 is 5.69 Å². The van der Waals surface area contributed by atoms with Crippen LogP contribution >= 0.6 is 0 Å². The normalized spacial score (nSPS) is 9.95. The van der Waals surface area contributed by atoms with E-state index in [4.69, 9.17) is 4.74 Å². The van der Waals surface area contributed by atoms with Crippen molar-refractivity contribution in [3.05, 3.63) is 52.6 Å². The zero-order valence-electron chi connectivity index (χ0n) is 10.3. The Morgan fingerprint density at radius 3 is 2.84 bits per heavy atom. The number of anilines is 1. The largest absolute Gasteiger partial charge is 0.484 e. The molecule has 6 nitrogen and oxygen atoms in total. The Balaban J connectivity index is 1.94. The molecule has 2 rings (SSSR count). The van der Waals surface area contributed by atoms with Crippen molar-refractivity contribution >= 4 is 11.7 Å². The molecule has 1 aromatic carbocycles. The van der Waals surface area contributed by atoms with Gasteiger partial charge in [-0.15, -0.1) is 0 Å². The first-order chi connectivity index (χ1) is 9.15. The third kappa shape index (κ3) is 3.67. The summed E-state index contributed by atoms with van der Waals surface area (Å²) in [6, 6.07) is 9.01. The van der Waals surface area contributed by atoms with Crippen LogP contribution in [0.1, 0.15) is 5.56 Å². The molecule has 2 N–H and O–H groups in total. The Kier molecular flexibility index (Phi) is 3.92. The summed E-state index contributed by atoms with van der Waals surface area (Å²) in [4.78, 5) is 28.7. The van der Waals surface area contributed by atoms with Gasteiger partial charge in [-0.3, -0.25) is 9.78 Å². The first-order valence-electron chi connectivity index (χ1n) is 5.69. The van der Waals surface area contributed by atoms with E-state index in [0.29, 0.717) is 17.1 Å². The van der Waals surface area contributed by atoms with Gasteiger partial charge in [-0.2, -0.15) is 0 Å². The average molecular weight is 259 g/mol. The molecule has 1 amide bonds. The van der Waals surface area contributed by atoms with E-state index in [1.807, 2.05) is 18.2 Å². The van der Waals surface area contributed by atoms with Gasteiger partial charge in [-0.05, 0) is 19.1 Å². The molecular weight excluding hydrogens is 246 g/mol. The van der Waals surface area contributed by atoms with E-state index >= 15 is 0 Å². The second-order valence-electron chi connectivity index (χ2n) is 3.90. The summed E-state index contributed by atoms with van der Waals surface area (Å²) in [7, 11) is 0. The molecule has 0 atom stereocenters. The third-order valence-corrected chi connectivity index (χ3v) is 2.38. The summed E-state index contributed by atoms with van der Waals surface area (Å²) >= 11 is 0. The molecule has 0 radical (unpaired) electrons. The van der Waals surface area contributed by atoms with Crippen molar-refractivity contribution in [2.45, 2.75) is 6.92 Å². The van der Waals surface area contributed by atoms with Crippen molar-refractivity contribution < 1.29 is 9.53 Å². The van der Waals surface area contributed by atoms with E-state index in [2.05, 4.69) is 15.3 Å². The van der Waals surface area contributed by atoms with Gasteiger partial charge in [0.2, 0.25) is 0 Å². The number of nitrogens with zero attached hydrogens (tertiary/aromatic N) is 1. The summed E-state index contributed by atoms with van der Waals surface area (Å²) in [5.74, 6) is 0.591. The molecule has 1 aromatic heterocycles. The summed E-state index contributed by atoms with van der Waals surface area (Å²) in [5.41, 5.74) is 0.164. The quantitative estimate of drug-likeness (QED) is 0.861. The van der Waals surface area contributed by atoms with Gasteiger partial charge in [0.05, 0.1) is 0 Å². The summed E-state index contributed by atoms with van der Waals surface area (Å²) in [5, 5.41) is 2.56. The molecule has 2 aromatic rings. The van der Waals surface area contributed by atoms with Crippen LogP contribution in [-0.2, 0) is 4.79 Å². The maximum Gasteiger partial charge on any atom is 0.346 e. The number of carbonyl (C=O) groups excluding carboxylic acids is 1. The van der Waals surface area contributed by atoms with Crippen LogP contribution in [-0.4, -0.2) is 22.5 Å². The maximum absolute atomic E-state index is 11.7. The number of H-pyrrole nitrogens is 1. The second-order valence-corrected chi connectivity index (χ2v) is 3.90. The number of benzene rings is 1. The highest BCUT2D eigenvalue weighted by Gasteiger charge is 2.06. The van der Waals surface area contributed by atoms with Gasteiger partial charge in [-0.1, -0.05) is 18.2 Å². The molecule has 0 saturated carbocycles. The Morgan fingerprint density at radius 1 is 1.37 bits per heavy atom. The fourth-order valence-corrected chi connectivity index (χ4v) is 1.43. The lowest BCUT2D eigenvalue weighted by Gasteiger charge is -2.08. The Labute approximate surface area is 109 Å². The predicted molar refractivity (Wildman–Crippen MR) is 70.2 cm³/mol. The Morgan fingerprint density at radius 2 is 2.11 bits per heavy atom. The fourth-order valence-electron chi connectivity index (χ4n) is 1.43. The molecule has 0 unspecified atom stereocenters. The van der Waals surface area contributed by atoms with Crippen molar-refractivity contribution in [2.24, 2.45) is 0 Å². The number of ether oxygens (including phenoxy) is 1. The predicted octanol–water partition coefficient (Wildman–Crippen LogP) is 1.10. The number of hydrogen-bond donors (Lipinski definition) is 2. The minimum atomic E-state index is -0.509. The highest BCUT2D eigenvalue weighted by Crippen LogP contribution is 2.09. The van der Waals surface area contributed by atoms with Crippen LogP contribution < -0.4 is 15.7 Å². The molecular formula is C13H13N3O3. The number of carbonyl (C=O) groups is 1. The molecule has 0 fully saturated rings. The first-order valence-corrected chi connectivity index (χ1v) is 5.69. The van der Waals surface area contributed by atoms with E-state index < -0.39 is 5.69 Å². The molecule has 19 heavy (non-hydrogen) atoms. The number of nitrogens with one attached hydrogen (secondary N) is 2. The van der Waals surface area contributed by atoms with E-state index in [0.717, 1.165) is 0 Å². The van der Waals surface area contributed by atoms with E-state index in [-0.39, 0.29) is 12.5 Å². The number of aromatic nitrogens is 2. The molecule has 6 heteroatoms. The molecule has 98 valence electrons. The number of para-hydroxylation sites is 1. The smallest absolute Gasteiger partial charge is 0.346 e. The molecule has 0 bridgehead atoms. The fraction of sp³-hybridized carbons (Fsp3) is 0.154. The van der Waals surface area contributed by atoms with Crippen molar-refractivity contribution in [2.75, 3.05) is 11.9 Å². The zero-order chi connectivity index (χ0) is 13.7. The molecule has 1 heterocycles.